The third-order valence-corrected chi connectivity index (χ3v) is 2.63. The maximum atomic E-state index is 11.5. The minimum absolute atomic E-state index is 0.0685. The summed E-state index contributed by atoms with van der Waals surface area (Å²) in [4.78, 5) is 11.5. The molecule has 1 unspecified atom stereocenters. The summed E-state index contributed by atoms with van der Waals surface area (Å²) in [5, 5.41) is 2.77. The summed E-state index contributed by atoms with van der Waals surface area (Å²) >= 11 is 0. The van der Waals surface area contributed by atoms with Gasteiger partial charge in [-0.3, -0.25) is 4.79 Å². The van der Waals surface area contributed by atoms with E-state index in [-0.39, 0.29) is 12.0 Å². The average Bonchev–Trinajstić information content (AvgIpc) is 3.14. The molecule has 0 bridgehead atoms. The van der Waals surface area contributed by atoms with Gasteiger partial charge in [-0.2, -0.15) is 0 Å². The number of ether oxygens (including phenoxy) is 3. The van der Waals surface area contributed by atoms with Crippen LogP contribution in [0.4, 0.5) is 0 Å². The summed E-state index contributed by atoms with van der Waals surface area (Å²) in [5.41, 5.74) is 0. The molecule has 0 aromatic rings. The van der Waals surface area contributed by atoms with E-state index in [0.717, 1.165) is 0 Å². The van der Waals surface area contributed by atoms with Crippen molar-refractivity contribution in [3.8, 4) is 0 Å². The van der Waals surface area contributed by atoms with Gasteiger partial charge in [-0.25, -0.2) is 0 Å². The molecule has 1 aliphatic rings. The Morgan fingerprint density at radius 2 is 2.12 bits per heavy atom. The molecule has 0 aromatic heterocycles. The molecule has 1 amide bonds. The fourth-order valence-corrected chi connectivity index (χ4v) is 1.28. The highest BCUT2D eigenvalue weighted by molar-refractivity contribution is 5.80. The van der Waals surface area contributed by atoms with Crippen LogP contribution in [0.1, 0.15) is 19.8 Å². The van der Waals surface area contributed by atoms with Gasteiger partial charge in [-0.15, -0.1) is 0 Å². The molecule has 0 spiro atoms. The maximum Gasteiger partial charge on any atom is 0.248 e. The van der Waals surface area contributed by atoms with Crippen LogP contribution in [0.2, 0.25) is 0 Å². The van der Waals surface area contributed by atoms with Crippen LogP contribution in [-0.2, 0) is 19.0 Å². The van der Waals surface area contributed by atoms with Crippen LogP contribution in [0.5, 0.6) is 0 Å². The van der Waals surface area contributed by atoms with E-state index < -0.39 is 0 Å². The molecule has 1 fully saturated rings. The number of carbonyl (C=O) groups is 1. The quantitative estimate of drug-likeness (QED) is 0.572. The van der Waals surface area contributed by atoms with Gasteiger partial charge < -0.3 is 19.5 Å². The fraction of sp³-hybridized carbons (Fsp3) is 0.917. The normalized spacial score (nSPS) is 16.8. The molecular formula is C12H23NO4. The van der Waals surface area contributed by atoms with Crippen molar-refractivity contribution in [1.29, 1.82) is 0 Å². The highest BCUT2D eigenvalue weighted by Crippen LogP contribution is 2.29. The number of amides is 1. The molecule has 0 aliphatic heterocycles. The van der Waals surface area contributed by atoms with Crippen LogP contribution in [0.3, 0.4) is 0 Å². The van der Waals surface area contributed by atoms with Crippen molar-refractivity contribution < 1.29 is 19.0 Å². The Balaban J connectivity index is 1.91. The lowest BCUT2D eigenvalue weighted by Gasteiger charge is -2.13. The van der Waals surface area contributed by atoms with E-state index in [1.165, 1.54) is 12.8 Å². The molecule has 0 heterocycles. The second kappa shape index (κ2) is 8.44. The van der Waals surface area contributed by atoms with E-state index in [4.69, 9.17) is 14.2 Å². The van der Waals surface area contributed by atoms with Gasteiger partial charge in [-0.1, -0.05) is 0 Å². The molecule has 5 heteroatoms. The number of hydrogen-bond acceptors (Lipinski definition) is 4. The Bertz CT molecular complexity index is 219. The lowest BCUT2D eigenvalue weighted by atomic mass is 10.3. The number of hydrogen-bond donors (Lipinski definition) is 1. The van der Waals surface area contributed by atoms with E-state index in [0.29, 0.717) is 38.9 Å². The summed E-state index contributed by atoms with van der Waals surface area (Å²) in [5.74, 6) is 0.614. The summed E-state index contributed by atoms with van der Waals surface area (Å²) < 4.78 is 15.5. The van der Waals surface area contributed by atoms with Crippen molar-refractivity contribution in [2.45, 2.75) is 25.9 Å². The molecule has 1 N–H and O–H groups in total. The van der Waals surface area contributed by atoms with Crippen LogP contribution in [-0.4, -0.2) is 52.1 Å². The largest absolute Gasteiger partial charge is 0.382 e. The number of nitrogens with one attached hydrogen (secondary N) is 1. The monoisotopic (exact) mass is 245 g/mol. The lowest BCUT2D eigenvalue weighted by molar-refractivity contribution is -0.132. The Labute approximate surface area is 103 Å². The van der Waals surface area contributed by atoms with Crippen molar-refractivity contribution in [1.82, 2.24) is 5.32 Å². The van der Waals surface area contributed by atoms with Gasteiger partial charge in [0.2, 0.25) is 5.91 Å². The third-order valence-electron chi connectivity index (χ3n) is 2.63. The van der Waals surface area contributed by atoms with Crippen molar-refractivity contribution in [2.75, 3.05) is 40.1 Å². The second-order valence-corrected chi connectivity index (χ2v) is 4.32. The van der Waals surface area contributed by atoms with E-state index in [1.54, 1.807) is 14.0 Å². The Kier molecular flexibility index (Phi) is 7.16. The van der Waals surface area contributed by atoms with E-state index in [2.05, 4.69) is 5.32 Å². The molecule has 0 aromatic carbocycles. The number of rotatable bonds is 10. The molecule has 17 heavy (non-hydrogen) atoms. The molecular weight excluding hydrogens is 222 g/mol. The highest BCUT2D eigenvalue weighted by atomic mass is 16.5. The van der Waals surface area contributed by atoms with Gasteiger partial charge >= 0.3 is 0 Å². The predicted molar refractivity (Wildman–Crippen MR) is 63.8 cm³/mol. The smallest absolute Gasteiger partial charge is 0.248 e. The summed E-state index contributed by atoms with van der Waals surface area (Å²) in [6.45, 7) is 4.64. The van der Waals surface area contributed by atoms with Gasteiger partial charge in [-0.05, 0) is 25.7 Å². The zero-order chi connectivity index (χ0) is 12.5. The first-order chi connectivity index (χ1) is 8.24. The van der Waals surface area contributed by atoms with Crippen molar-refractivity contribution in [2.24, 2.45) is 5.92 Å². The van der Waals surface area contributed by atoms with Crippen LogP contribution >= 0.6 is 0 Å². The molecule has 1 saturated carbocycles. The van der Waals surface area contributed by atoms with E-state index in [9.17, 15) is 4.79 Å². The zero-order valence-corrected chi connectivity index (χ0v) is 10.7. The van der Waals surface area contributed by atoms with Gasteiger partial charge in [0.1, 0.15) is 6.10 Å². The summed E-state index contributed by atoms with van der Waals surface area (Å²) in [6.07, 6.45) is 2.11. The van der Waals surface area contributed by atoms with Gasteiger partial charge in [0, 0.05) is 13.7 Å². The van der Waals surface area contributed by atoms with Crippen LogP contribution < -0.4 is 5.32 Å². The first-order valence-electron chi connectivity index (χ1n) is 6.20. The zero-order valence-electron chi connectivity index (χ0n) is 10.7. The Morgan fingerprint density at radius 3 is 2.76 bits per heavy atom. The standard InChI is InChI=1S/C12H23NO4/c1-10(17-9-11-3-4-11)12(14)13-5-6-16-8-7-15-2/h10-11H,3-9H2,1-2H3,(H,13,14). The topological polar surface area (TPSA) is 56.8 Å². The Hall–Kier alpha value is -0.650. The minimum atomic E-state index is -0.366. The number of carbonyl (C=O) groups excluding carboxylic acids is 1. The first-order valence-corrected chi connectivity index (χ1v) is 6.20. The van der Waals surface area contributed by atoms with Crippen LogP contribution in [0.25, 0.3) is 0 Å². The van der Waals surface area contributed by atoms with Crippen molar-refractivity contribution in [3.05, 3.63) is 0 Å². The van der Waals surface area contributed by atoms with Gasteiger partial charge in [0.05, 0.1) is 26.4 Å². The average molecular weight is 245 g/mol. The van der Waals surface area contributed by atoms with Crippen molar-refractivity contribution in [3.63, 3.8) is 0 Å². The minimum Gasteiger partial charge on any atom is -0.382 e. The molecule has 100 valence electrons. The summed E-state index contributed by atoms with van der Waals surface area (Å²) in [7, 11) is 1.63. The second-order valence-electron chi connectivity index (χ2n) is 4.32. The Morgan fingerprint density at radius 1 is 1.35 bits per heavy atom. The predicted octanol–water partition coefficient (Wildman–Crippen LogP) is 0.581. The van der Waals surface area contributed by atoms with Gasteiger partial charge in [0.25, 0.3) is 0 Å². The van der Waals surface area contributed by atoms with Crippen LogP contribution in [0, 0.1) is 5.92 Å². The fourth-order valence-electron chi connectivity index (χ4n) is 1.28. The molecule has 1 rings (SSSR count). The highest BCUT2D eigenvalue weighted by Gasteiger charge is 2.23. The summed E-state index contributed by atoms with van der Waals surface area (Å²) in [6, 6.07) is 0. The molecule has 0 radical (unpaired) electrons. The molecule has 0 saturated heterocycles. The number of methoxy groups -OCH3 is 1. The maximum absolute atomic E-state index is 11.5. The van der Waals surface area contributed by atoms with E-state index >= 15 is 0 Å². The SMILES string of the molecule is COCCOCCNC(=O)C(C)OCC1CC1. The van der Waals surface area contributed by atoms with Gasteiger partial charge in [0.15, 0.2) is 0 Å². The molecule has 1 atom stereocenters. The third kappa shape index (κ3) is 7.31. The molecule has 1 aliphatic carbocycles. The molecule has 5 nitrogen and oxygen atoms in total. The van der Waals surface area contributed by atoms with E-state index in [1.807, 2.05) is 0 Å². The van der Waals surface area contributed by atoms with Crippen LogP contribution in [0.15, 0.2) is 0 Å². The first kappa shape index (κ1) is 14.4. The lowest BCUT2D eigenvalue weighted by Crippen LogP contribution is -2.36. The van der Waals surface area contributed by atoms with Crippen molar-refractivity contribution >= 4 is 5.91 Å².